The zero-order valence-corrected chi connectivity index (χ0v) is 29.2. The van der Waals surface area contributed by atoms with E-state index in [1.165, 1.54) is 0 Å². The van der Waals surface area contributed by atoms with Crippen LogP contribution in [0.3, 0.4) is 0 Å². The minimum absolute atomic E-state index is 0.395. The first kappa shape index (κ1) is 33.3. The summed E-state index contributed by atoms with van der Waals surface area (Å²) in [4.78, 5) is 0. The van der Waals surface area contributed by atoms with Crippen LogP contribution >= 0.6 is 0 Å². The van der Waals surface area contributed by atoms with Crippen LogP contribution in [0.2, 0.25) is 0 Å². The van der Waals surface area contributed by atoms with Gasteiger partial charge in [0.25, 0.3) is 0 Å². The molecule has 0 saturated carbocycles. The van der Waals surface area contributed by atoms with Crippen LogP contribution in [0.25, 0.3) is 0 Å². The maximum absolute atomic E-state index is 12.6. The van der Waals surface area contributed by atoms with Crippen molar-refractivity contribution >= 4 is 0 Å². The molecule has 3 aliphatic heterocycles. The fourth-order valence-electron chi connectivity index (χ4n) is 7.33. The predicted molar refractivity (Wildman–Crippen MR) is 180 cm³/mol. The smallest absolute Gasteiger partial charge is 0.305 e. The summed E-state index contributed by atoms with van der Waals surface area (Å²) in [6, 6.07) is 16.2. The molecule has 12 heteroatoms. The summed E-state index contributed by atoms with van der Waals surface area (Å²) in [5.74, 6) is 2.38. The number of benzene rings is 4. The van der Waals surface area contributed by atoms with E-state index in [1.807, 2.05) is 18.2 Å². The van der Waals surface area contributed by atoms with Gasteiger partial charge in [-0.25, -0.2) is 0 Å². The van der Waals surface area contributed by atoms with E-state index in [9.17, 15) is 5.11 Å². The van der Waals surface area contributed by atoms with E-state index in [0.717, 1.165) is 11.1 Å². The van der Waals surface area contributed by atoms with Gasteiger partial charge >= 0.3 is 5.79 Å². The first-order valence-corrected chi connectivity index (χ1v) is 16.0. The SMILES string of the molecule is COc1cc(OC)c2c(c1)O[C@@]1(c3ccc(OC)c(OC)c3)Oc3cc(OC)c4c(c3[C@@H]2[C@H]1O)O[C@H](c1ccc(OC)c(OC)c1)[C@H](OC)C4. The third-order valence-corrected chi connectivity index (χ3v) is 9.76. The van der Waals surface area contributed by atoms with Gasteiger partial charge in [0.2, 0.25) is 0 Å². The van der Waals surface area contributed by atoms with Gasteiger partial charge in [-0.05, 0) is 35.9 Å². The Morgan fingerprint density at radius 1 is 0.620 bits per heavy atom. The average Bonchev–Trinajstić information content (AvgIpc) is 3.15. The van der Waals surface area contributed by atoms with E-state index in [2.05, 4.69) is 0 Å². The quantitative estimate of drug-likeness (QED) is 0.224. The van der Waals surface area contributed by atoms with Gasteiger partial charge in [-0.1, -0.05) is 6.07 Å². The lowest BCUT2D eigenvalue weighted by atomic mass is 9.74. The molecule has 50 heavy (non-hydrogen) atoms. The highest BCUT2D eigenvalue weighted by Gasteiger charge is 2.60. The van der Waals surface area contributed by atoms with Crippen LogP contribution in [-0.4, -0.2) is 74.2 Å². The molecule has 7 rings (SSSR count). The van der Waals surface area contributed by atoms with Crippen molar-refractivity contribution in [3.63, 3.8) is 0 Å². The molecule has 12 nitrogen and oxygen atoms in total. The van der Waals surface area contributed by atoms with E-state index >= 15 is 0 Å². The summed E-state index contributed by atoms with van der Waals surface area (Å²) >= 11 is 0. The minimum atomic E-state index is -1.74. The van der Waals surface area contributed by atoms with Crippen LogP contribution in [0, 0.1) is 0 Å². The molecule has 0 unspecified atom stereocenters. The molecular weight excluding hydrogens is 648 g/mol. The Hall–Kier alpha value is -5.20. The fraction of sp³-hybridized carbons (Fsp3) is 0.368. The van der Waals surface area contributed by atoms with E-state index in [4.69, 9.17) is 52.1 Å². The van der Waals surface area contributed by atoms with Gasteiger partial charge in [0, 0.05) is 54.0 Å². The van der Waals surface area contributed by atoms with Crippen LogP contribution in [0.5, 0.6) is 57.5 Å². The molecule has 1 N–H and O–H groups in total. The highest BCUT2D eigenvalue weighted by atomic mass is 16.7. The zero-order chi connectivity index (χ0) is 35.3. The summed E-state index contributed by atoms with van der Waals surface area (Å²) in [5, 5.41) is 12.6. The lowest BCUT2D eigenvalue weighted by Gasteiger charge is -2.51. The number of methoxy groups -OCH3 is 8. The molecule has 2 bridgehead atoms. The summed E-state index contributed by atoms with van der Waals surface area (Å²) in [6.45, 7) is 0. The molecule has 0 spiro atoms. The number of ether oxygens (including phenoxy) is 11. The van der Waals surface area contributed by atoms with Crippen molar-refractivity contribution in [3.8, 4) is 57.5 Å². The number of rotatable bonds is 10. The zero-order valence-electron chi connectivity index (χ0n) is 29.2. The molecule has 4 aromatic carbocycles. The molecule has 0 aliphatic carbocycles. The average molecular weight is 689 g/mol. The molecule has 3 aliphatic rings. The van der Waals surface area contributed by atoms with Gasteiger partial charge < -0.3 is 57.2 Å². The van der Waals surface area contributed by atoms with Gasteiger partial charge in [0.15, 0.2) is 29.1 Å². The van der Waals surface area contributed by atoms with Crippen molar-refractivity contribution in [3.05, 3.63) is 82.4 Å². The van der Waals surface area contributed by atoms with Crippen molar-refractivity contribution in [1.82, 2.24) is 0 Å². The van der Waals surface area contributed by atoms with Gasteiger partial charge in [-0.3, -0.25) is 0 Å². The van der Waals surface area contributed by atoms with Crippen LogP contribution < -0.4 is 47.4 Å². The van der Waals surface area contributed by atoms with Crippen LogP contribution in [0.4, 0.5) is 0 Å². The lowest BCUT2D eigenvalue weighted by Crippen LogP contribution is -2.57. The molecule has 4 aromatic rings. The molecule has 264 valence electrons. The maximum atomic E-state index is 12.6. The summed E-state index contributed by atoms with van der Waals surface area (Å²) in [7, 11) is 12.6. The number of hydrogen-bond donors (Lipinski definition) is 1. The molecule has 0 amide bonds. The summed E-state index contributed by atoms with van der Waals surface area (Å²) in [5.41, 5.74) is 3.28. The lowest BCUT2D eigenvalue weighted by molar-refractivity contribution is -0.219. The number of aliphatic hydroxyl groups is 1. The predicted octanol–water partition coefficient (Wildman–Crippen LogP) is 5.57. The van der Waals surface area contributed by atoms with Gasteiger partial charge in [0.1, 0.15) is 46.7 Å². The monoisotopic (exact) mass is 688 g/mol. The second kappa shape index (κ2) is 12.9. The van der Waals surface area contributed by atoms with E-state index in [-0.39, 0.29) is 0 Å². The molecule has 0 saturated heterocycles. The highest BCUT2D eigenvalue weighted by Crippen LogP contribution is 2.62. The van der Waals surface area contributed by atoms with Crippen molar-refractivity contribution in [2.75, 3.05) is 56.9 Å². The second-order valence-corrected chi connectivity index (χ2v) is 12.0. The van der Waals surface area contributed by atoms with E-state index in [0.29, 0.717) is 80.6 Å². The van der Waals surface area contributed by atoms with Gasteiger partial charge in [0.05, 0.1) is 55.7 Å². The third-order valence-electron chi connectivity index (χ3n) is 9.76. The van der Waals surface area contributed by atoms with Crippen molar-refractivity contribution in [2.45, 2.75) is 36.4 Å². The number of aliphatic hydroxyl groups excluding tert-OH is 1. The highest BCUT2D eigenvalue weighted by molar-refractivity contribution is 5.68. The number of hydrogen-bond acceptors (Lipinski definition) is 12. The Kier molecular flexibility index (Phi) is 8.61. The van der Waals surface area contributed by atoms with Gasteiger partial charge in [-0.15, -0.1) is 0 Å². The third kappa shape index (κ3) is 4.96. The first-order chi connectivity index (χ1) is 24.3. The largest absolute Gasteiger partial charge is 0.496 e. The normalized spacial score (nSPS) is 22.7. The molecule has 0 aromatic heterocycles. The van der Waals surface area contributed by atoms with Crippen molar-refractivity contribution < 1.29 is 57.2 Å². The Labute approximate surface area is 290 Å². The Balaban J connectivity index is 1.49. The van der Waals surface area contributed by atoms with Crippen molar-refractivity contribution in [1.29, 1.82) is 0 Å². The summed E-state index contributed by atoms with van der Waals surface area (Å²) in [6.07, 6.45) is -1.83. The van der Waals surface area contributed by atoms with Crippen LogP contribution in [0.1, 0.15) is 39.8 Å². The van der Waals surface area contributed by atoms with Crippen LogP contribution in [0.15, 0.2) is 54.6 Å². The second-order valence-electron chi connectivity index (χ2n) is 12.0. The Morgan fingerprint density at radius 3 is 1.86 bits per heavy atom. The standard InChI is InChI=1S/C38H40O12/c1-40-21-15-28(46-7)32-29(16-21)49-38(20-10-12-24(42-3)27(14-20)45-6)37(39)34(32)33-30(50-38)18-25(43-4)22-17-31(47-8)35(48-36(22)33)19-9-11-23(41-2)26(13-19)44-5/h9-16,18,31,34-35,37,39H,17H2,1-8H3/t31-,34-,35-,37-,38+/m1/s1. The fourth-order valence-corrected chi connectivity index (χ4v) is 7.33. The minimum Gasteiger partial charge on any atom is -0.496 e. The summed E-state index contributed by atoms with van der Waals surface area (Å²) < 4.78 is 66.3. The topological polar surface area (TPSA) is 122 Å². The molecule has 0 radical (unpaired) electrons. The molecule has 0 fully saturated rings. The maximum Gasteiger partial charge on any atom is 0.305 e. The molecule has 5 atom stereocenters. The first-order valence-electron chi connectivity index (χ1n) is 16.0. The van der Waals surface area contributed by atoms with Crippen molar-refractivity contribution in [2.24, 2.45) is 0 Å². The van der Waals surface area contributed by atoms with E-state index < -0.39 is 30.0 Å². The molecular formula is C38H40O12. The number of fused-ring (bicyclic) bond motifs is 8. The van der Waals surface area contributed by atoms with Crippen LogP contribution in [-0.2, 0) is 16.9 Å². The molecule has 3 heterocycles. The Morgan fingerprint density at radius 2 is 1.24 bits per heavy atom. The Bertz CT molecular complexity index is 1920. The van der Waals surface area contributed by atoms with Gasteiger partial charge in [-0.2, -0.15) is 0 Å². The van der Waals surface area contributed by atoms with E-state index in [1.54, 1.807) is 93.3 Å².